The minimum Gasteiger partial charge on any atom is -0.393 e. The van der Waals surface area contributed by atoms with Gasteiger partial charge in [0.25, 0.3) is 11.6 Å². The third-order valence-electron chi connectivity index (χ3n) is 3.93. The molecule has 2 unspecified atom stereocenters. The highest BCUT2D eigenvalue weighted by molar-refractivity contribution is 6.01. The van der Waals surface area contributed by atoms with Crippen molar-refractivity contribution in [3.8, 4) is 0 Å². The van der Waals surface area contributed by atoms with Crippen molar-refractivity contribution in [3.63, 3.8) is 0 Å². The molecule has 0 saturated carbocycles. The molecule has 114 valence electrons. The molecule has 1 aliphatic heterocycles. The van der Waals surface area contributed by atoms with Crippen LogP contribution < -0.4 is 11.5 Å². The molecule has 1 saturated heterocycles. The monoisotopic (exact) mass is 292 g/mol. The van der Waals surface area contributed by atoms with Crippen LogP contribution in [0.25, 0.3) is 0 Å². The van der Waals surface area contributed by atoms with E-state index in [9.17, 15) is 14.9 Å². The molecular weight excluding hydrogens is 272 g/mol. The lowest BCUT2D eigenvalue weighted by Crippen LogP contribution is -2.51. The topological polar surface area (TPSA) is 115 Å². The second-order valence-electron chi connectivity index (χ2n) is 5.42. The molecule has 0 spiro atoms. The number of hydrogen-bond donors (Lipinski definition) is 2. The Morgan fingerprint density at radius 2 is 2.19 bits per heavy atom. The van der Waals surface area contributed by atoms with E-state index in [0.29, 0.717) is 6.54 Å². The summed E-state index contributed by atoms with van der Waals surface area (Å²) in [5, 5.41) is 10.9. The van der Waals surface area contributed by atoms with Crippen molar-refractivity contribution in [2.45, 2.75) is 38.3 Å². The summed E-state index contributed by atoms with van der Waals surface area (Å²) in [6.07, 6.45) is 2.78. The van der Waals surface area contributed by atoms with Gasteiger partial charge in [-0.2, -0.15) is 0 Å². The van der Waals surface area contributed by atoms with E-state index in [1.165, 1.54) is 18.2 Å². The summed E-state index contributed by atoms with van der Waals surface area (Å²) in [6.45, 7) is 2.47. The molecular formula is C14H20N4O3. The molecule has 1 aliphatic rings. The zero-order chi connectivity index (χ0) is 15.6. The number of likely N-dealkylation sites (tertiary alicyclic amines) is 1. The van der Waals surface area contributed by atoms with Gasteiger partial charge in [0.2, 0.25) is 0 Å². The van der Waals surface area contributed by atoms with Crippen LogP contribution in [-0.4, -0.2) is 34.4 Å². The van der Waals surface area contributed by atoms with E-state index in [1.54, 1.807) is 4.90 Å². The molecule has 0 aromatic heterocycles. The maximum absolute atomic E-state index is 12.7. The molecule has 7 nitrogen and oxygen atoms in total. The number of anilines is 1. The first kappa shape index (κ1) is 15.2. The van der Waals surface area contributed by atoms with E-state index < -0.39 is 4.92 Å². The van der Waals surface area contributed by atoms with Gasteiger partial charge in [0.15, 0.2) is 0 Å². The number of nitrogens with zero attached hydrogens (tertiary/aromatic N) is 2. The number of nitrogen functional groups attached to an aromatic ring is 1. The molecule has 1 fully saturated rings. The fourth-order valence-electron chi connectivity index (χ4n) is 2.81. The summed E-state index contributed by atoms with van der Waals surface area (Å²) in [5.41, 5.74) is 11.6. The Balaban J connectivity index is 2.35. The predicted molar refractivity (Wildman–Crippen MR) is 79.8 cm³/mol. The van der Waals surface area contributed by atoms with Crippen LogP contribution in [0, 0.1) is 10.1 Å². The first-order valence-electron chi connectivity index (χ1n) is 7.03. The molecule has 0 radical (unpaired) electrons. The van der Waals surface area contributed by atoms with E-state index in [2.05, 4.69) is 0 Å². The van der Waals surface area contributed by atoms with Crippen LogP contribution in [0.3, 0.4) is 0 Å². The van der Waals surface area contributed by atoms with Gasteiger partial charge in [-0.3, -0.25) is 14.9 Å². The minimum absolute atomic E-state index is 0.0510. The number of benzene rings is 1. The lowest BCUT2D eigenvalue weighted by molar-refractivity contribution is -0.383. The van der Waals surface area contributed by atoms with Crippen LogP contribution in [0.5, 0.6) is 0 Å². The minimum atomic E-state index is -0.578. The van der Waals surface area contributed by atoms with E-state index in [0.717, 1.165) is 19.3 Å². The number of para-hydroxylation sites is 1. The number of nitrogens with two attached hydrogens (primary N) is 2. The van der Waals surface area contributed by atoms with Crippen molar-refractivity contribution in [3.05, 3.63) is 33.9 Å². The normalized spacial score (nSPS) is 20.1. The third-order valence-corrected chi connectivity index (χ3v) is 3.93. The average molecular weight is 292 g/mol. The number of nitro benzene ring substituents is 1. The molecule has 0 aliphatic carbocycles. The van der Waals surface area contributed by atoms with Crippen molar-refractivity contribution < 1.29 is 9.72 Å². The van der Waals surface area contributed by atoms with Crippen LogP contribution in [0.2, 0.25) is 0 Å². The highest BCUT2D eigenvalue weighted by Crippen LogP contribution is 2.28. The number of hydrogen-bond acceptors (Lipinski definition) is 5. The highest BCUT2D eigenvalue weighted by atomic mass is 16.6. The first-order chi connectivity index (χ1) is 9.93. The molecule has 7 heteroatoms. The van der Waals surface area contributed by atoms with Gasteiger partial charge in [-0.1, -0.05) is 6.07 Å². The van der Waals surface area contributed by atoms with Crippen LogP contribution in [0.1, 0.15) is 36.5 Å². The molecule has 2 atom stereocenters. The van der Waals surface area contributed by atoms with Crippen molar-refractivity contribution in [1.29, 1.82) is 0 Å². The molecule has 1 aromatic rings. The van der Waals surface area contributed by atoms with Crippen molar-refractivity contribution in [2.75, 3.05) is 12.3 Å². The van der Waals surface area contributed by atoms with Gasteiger partial charge in [-0.15, -0.1) is 0 Å². The van der Waals surface area contributed by atoms with Gasteiger partial charge >= 0.3 is 0 Å². The largest absolute Gasteiger partial charge is 0.393 e. The van der Waals surface area contributed by atoms with Crippen LogP contribution in [-0.2, 0) is 0 Å². The summed E-state index contributed by atoms with van der Waals surface area (Å²) in [7, 11) is 0. The molecule has 21 heavy (non-hydrogen) atoms. The average Bonchev–Trinajstić information content (AvgIpc) is 2.46. The van der Waals surface area contributed by atoms with E-state index in [1.807, 2.05) is 6.92 Å². The van der Waals surface area contributed by atoms with E-state index >= 15 is 0 Å². The second kappa shape index (κ2) is 6.09. The number of piperidine rings is 1. The predicted octanol–water partition coefficient (Wildman–Crippen LogP) is 1.52. The summed E-state index contributed by atoms with van der Waals surface area (Å²) in [4.78, 5) is 24.7. The van der Waals surface area contributed by atoms with Gasteiger partial charge in [0, 0.05) is 24.7 Å². The smallest absolute Gasteiger partial charge is 0.292 e. The van der Waals surface area contributed by atoms with Crippen LogP contribution in [0.4, 0.5) is 11.4 Å². The second-order valence-corrected chi connectivity index (χ2v) is 5.42. The lowest BCUT2D eigenvalue weighted by Gasteiger charge is -2.38. The van der Waals surface area contributed by atoms with Gasteiger partial charge in [0.1, 0.15) is 5.69 Å². The van der Waals surface area contributed by atoms with Crippen molar-refractivity contribution >= 4 is 17.3 Å². The Morgan fingerprint density at radius 3 is 2.81 bits per heavy atom. The zero-order valence-electron chi connectivity index (χ0n) is 12.0. The Hall–Kier alpha value is -2.15. The Labute approximate surface area is 123 Å². The number of carbonyl (C=O) groups is 1. The van der Waals surface area contributed by atoms with E-state index in [-0.39, 0.29) is 34.9 Å². The third kappa shape index (κ3) is 2.97. The summed E-state index contributed by atoms with van der Waals surface area (Å²) in [5.74, 6) is -0.279. The van der Waals surface area contributed by atoms with Crippen LogP contribution >= 0.6 is 0 Å². The summed E-state index contributed by atoms with van der Waals surface area (Å²) in [6, 6.07) is 4.11. The molecule has 1 amide bonds. The van der Waals surface area contributed by atoms with E-state index in [4.69, 9.17) is 11.5 Å². The van der Waals surface area contributed by atoms with Gasteiger partial charge in [0.05, 0.1) is 10.5 Å². The van der Waals surface area contributed by atoms with Crippen molar-refractivity contribution in [2.24, 2.45) is 5.73 Å². The number of nitro groups is 1. The summed E-state index contributed by atoms with van der Waals surface area (Å²) < 4.78 is 0. The Kier molecular flexibility index (Phi) is 4.42. The summed E-state index contributed by atoms with van der Waals surface area (Å²) >= 11 is 0. The Morgan fingerprint density at radius 1 is 1.48 bits per heavy atom. The lowest BCUT2D eigenvalue weighted by atomic mass is 9.95. The zero-order valence-corrected chi connectivity index (χ0v) is 12.0. The molecule has 4 N–H and O–H groups in total. The fraction of sp³-hybridized carbons (Fsp3) is 0.500. The van der Waals surface area contributed by atoms with Crippen molar-refractivity contribution in [1.82, 2.24) is 4.90 Å². The van der Waals surface area contributed by atoms with Gasteiger partial charge < -0.3 is 16.4 Å². The van der Waals surface area contributed by atoms with Crippen LogP contribution in [0.15, 0.2) is 18.2 Å². The quantitative estimate of drug-likeness (QED) is 0.498. The van der Waals surface area contributed by atoms with Gasteiger partial charge in [-0.05, 0) is 32.3 Å². The maximum atomic E-state index is 12.7. The SMILES string of the molecule is CC(N)C1CCCCN1C(=O)c1cccc([N+](=O)[O-])c1N. The molecule has 1 aromatic carbocycles. The van der Waals surface area contributed by atoms with Gasteiger partial charge in [-0.25, -0.2) is 0 Å². The Bertz CT molecular complexity index is 559. The molecule has 1 heterocycles. The standard InChI is InChI=1S/C14H20N4O3/c1-9(15)11-6-2-3-8-17(11)14(19)10-5-4-7-12(13(10)16)18(20)21/h4-5,7,9,11H,2-3,6,8,15-16H2,1H3. The highest BCUT2D eigenvalue weighted by Gasteiger charge is 2.31. The maximum Gasteiger partial charge on any atom is 0.292 e. The number of rotatable bonds is 3. The number of carbonyl (C=O) groups excluding carboxylic acids is 1. The molecule has 0 bridgehead atoms. The first-order valence-corrected chi connectivity index (χ1v) is 7.03. The number of amides is 1. The molecule has 2 rings (SSSR count). The fourth-order valence-corrected chi connectivity index (χ4v) is 2.81.